The summed E-state index contributed by atoms with van der Waals surface area (Å²) < 4.78 is 39.9. The Kier molecular flexibility index (Phi) is 6.64. The maximum absolute atomic E-state index is 14.4. The number of ether oxygens (including phenoxy) is 2. The van der Waals surface area contributed by atoms with Gasteiger partial charge in [-0.15, -0.1) is 0 Å². The van der Waals surface area contributed by atoms with E-state index < -0.39 is 29.7 Å². The third-order valence-electron chi connectivity index (χ3n) is 4.85. The third-order valence-corrected chi connectivity index (χ3v) is 4.85. The summed E-state index contributed by atoms with van der Waals surface area (Å²) in [6.07, 6.45) is 1.30. The Bertz CT molecular complexity index is 1080. The standard InChI is InChI=1S/C22H20F2N2O5/c1-30-15-8-6-14(19(10-15)31-2)12-26-11-13(16-4-3-5-17(23)20(16)24)7-9-18(21(26)27)25-22(28)29/h3-8,10,12,18,25H,9,11H2,1-2H3/t18-/m1/s1. The summed E-state index contributed by atoms with van der Waals surface area (Å²) >= 11 is 0. The highest BCUT2D eigenvalue weighted by molar-refractivity contribution is 5.89. The number of methoxy groups -OCH3 is 2. The van der Waals surface area contributed by atoms with Gasteiger partial charge in [-0.3, -0.25) is 0 Å². The van der Waals surface area contributed by atoms with Crippen molar-refractivity contribution >= 4 is 23.8 Å². The lowest BCUT2D eigenvalue weighted by atomic mass is 10.0. The van der Waals surface area contributed by atoms with Gasteiger partial charge in [-0.1, -0.05) is 18.2 Å². The molecule has 0 saturated heterocycles. The molecule has 2 aromatic carbocycles. The van der Waals surface area contributed by atoms with Crippen LogP contribution in [0.1, 0.15) is 17.5 Å². The van der Waals surface area contributed by atoms with E-state index in [1.165, 1.54) is 43.2 Å². The van der Waals surface area contributed by atoms with Gasteiger partial charge in [0.2, 0.25) is 0 Å². The predicted molar refractivity (Wildman–Crippen MR) is 106 cm³/mol. The molecule has 0 aromatic heterocycles. The van der Waals surface area contributed by atoms with Gasteiger partial charge in [-0.25, -0.2) is 13.6 Å². The van der Waals surface area contributed by atoms with E-state index >= 15 is 0 Å². The maximum Gasteiger partial charge on any atom is 0.409 e. The number of carbonyl (C=O) groups excluding carboxylic acids is 2. The van der Waals surface area contributed by atoms with Crippen molar-refractivity contribution in [3.05, 3.63) is 65.2 Å². The zero-order valence-corrected chi connectivity index (χ0v) is 16.9. The minimum atomic E-state index is -1.62. The van der Waals surface area contributed by atoms with Gasteiger partial charge in [0.05, 0.1) is 19.8 Å². The molecule has 31 heavy (non-hydrogen) atoms. The van der Waals surface area contributed by atoms with E-state index in [0.29, 0.717) is 22.6 Å². The molecule has 0 spiro atoms. The van der Waals surface area contributed by atoms with Gasteiger partial charge in [0.1, 0.15) is 17.6 Å². The van der Waals surface area contributed by atoms with Gasteiger partial charge < -0.3 is 24.7 Å². The van der Waals surface area contributed by atoms with Crippen molar-refractivity contribution < 1.29 is 37.5 Å². The highest BCUT2D eigenvalue weighted by atomic mass is 19.2. The molecule has 162 valence electrons. The molecule has 0 unspecified atom stereocenters. The number of hydrogen-bond acceptors (Lipinski definition) is 5. The van der Waals surface area contributed by atoms with Crippen LogP contribution in [0, 0.1) is 11.6 Å². The summed E-state index contributed by atoms with van der Waals surface area (Å²) in [7, 11) is 2.95. The molecule has 3 rings (SSSR count). The summed E-state index contributed by atoms with van der Waals surface area (Å²) in [5.74, 6) is -1.70. The number of hydrogen-bond donors (Lipinski definition) is 1. The minimum Gasteiger partial charge on any atom is -0.530 e. The van der Waals surface area contributed by atoms with Crippen LogP contribution in [0.15, 0.2) is 42.5 Å². The van der Waals surface area contributed by atoms with Crippen molar-refractivity contribution in [2.24, 2.45) is 0 Å². The first-order valence-electron chi connectivity index (χ1n) is 9.32. The molecule has 0 saturated carbocycles. The Morgan fingerprint density at radius 2 is 2.00 bits per heavy atom. The molecule has 1 aliphatic rings. The SMILES string of the molecule is COc1ccc(C=[N+]2CC(c3cccc(F)c3F)=CC[C@@H](NC(=O)[O-])C2=O)c(OC)c1. The van der Waals surface area contributed by atoms with Gasteiger partial charge in [0.25, 0.3) is 0 Å². The van der Waals surface area contributed by atoms with Crippen LogP contribution < -0.4 is 19.9 Å². The van der Waals surface area contributed by atoms with Crippen LogP contribution in [-0.4, -0.2) is 49.6 Å². The molecule has 9 heteroatoms. The summed E-state index contributed by atoms with van der Waals surface area (Å²) in [5.41, 5.74) is 0.823. The summed E-state index contributed by atoms with van der Waals surface area (Å²) in [6.45, 7) is -0.111. The quantitative estimate of drug-likeness (QED) is 0.730. The molecule has 0 aliphatic carbocycles. The van der Waals surface area contributed by atoms with E-state index in [1.807, 2.05) is 0 Å². The molecule has 1 aliphatic heterocycles. The highest BCUT2D eigenvalue weighted by Crippen LogP contribution is 2.26. The van der Waals surface area contributed by atoms with Crippen LogP contribution in [-0.2, 0) is 4.79 Å². The predicted octanol–water partition coefficient (Wildman–Crippen LogP) is 1.73. The number of carbonyl (C=O) groups is 2. The lowest BCUT2D eigenvalue weighted by Gasteiger charge is -2.13. The van der Waals surface area contributed by atoms with Gasteiger partial charge in [0, 0.05) is 23.6 Å². The first-order valence-corrected chi connectivity index (χ1v) is 9.32. The maximum atomic E-state index is 14.4. The smallest absolute Gasteiger partial charge is 0.409 e. The average molecular weight is 430 g/mol. The van der Waals surface area contributed by atoms with Gasteiger partial charge in [-0.2, -0.15) is 4.58 Å². The molecule has 2 aromatic rings. The number of carboxylic acid groups (broad SMARTS) is 1. The molecular formula is C22H20F2N2O5. The number of nitrogens with one attached hydrogen (secondary N) is 1. The normalized spacial score (nSPS) is 17.7. The number of benzene rings is 2. The minimum absolute atomic E-state index is 0.0120. The second-order valence-electron chi connectivity index (χ2n) is 6.75. The molecule has 1 atom stereocenters. The molecule has 0 bridgehead atoms. The van der Waals surface area contributed by atoms with Crippen molar-refractivity contribution in [2.75, 3.05) is 20.8 Å². The molecule has 0 radical (unpaired) electrons. The van der Waals surface area contributed by atoms with Gasteiger partial charge in [-0.05, 0) is 18.2 Å². The van der Waals surface area contributed by atoms with E-state index in [2.05, 4.69) is 5.32 Å². The highest BCUT2D eigenvalue weighted by Gasteiger charge is 2.33. The zero-order valence-electron chi connectivity index (χ0n) is 16.9. The second-order valence-corrected chi connectivity index (χ2v) is 6.75. The lowest BCUT2D eigenvalue weighted by molar-refractivity contribution is -0.432. The monoisotopic (exact) mass is 430 g/mol. The van der Waals surface area contributed by atoms with Crippen LogP contribution in [0.5, 0.6) is 11.5 Å². The van der Waals surface area contributed by atoms with E-state index in [1.54, 1.807) is 18.2 Å². The van der Waals surface area contributed by atoms with Gasteiger partial charge >= 0.3 is 5.91 Å². The van der Waals surface area contributed by atoms with Crippen molar-refractivity contribution in [1.82, 2.24) is 5.32 Å². The Morgan fingerprint density at radius 3 is 2.68 bits per heavy atom. The Morgan fingerprint density at radius 1 is 1.23 bits per heavy atom. The first kappa shape index (κ1) is 21.9. The number of nitrogens with zero attached hydrogens (tertiary/aromatic N) is 1. The summed E-state index contributed by atoms with van der Waals surface area (Å²) in [4.78, 5) is 24.1. The van der Waals surface area contributed by atoms with Crippen LogP contribution in [0.25, 0.3) is 5.57 Å². The van der Waals surface area contributed by atoms with E-state index in [9.17, 15) is 23.5 Å². The third kappa shape index (κ3) is 4.88. The molecular weight excluding hydrogens is 410 g/mol. The fraction of sp³-hybridized carbons (Fsp3) is 0.227. The second kappa shape index (κ2) is 9.38. The first-order chi connectivity index (χ1) is 14.8. The lowest BCUT2D eigenvalue weighted by Crippen LogP contribution is -2.49. The van der Waals surface area contributed by atoms with Crippen LogP contribution in [0.3, 0.4) is 0 Å². The van der Waals surface area contributed by atoms with Crippen molar-refractivity contribution in [3.63, 3.8) is 0 Å². The molecule has 2 amide bonds. The van der Waals surface area contributed by atoms with Crippen molar-refractivity contribution in [2.45, 2.75) is 12.5 Å². The number of halogens is 2. The summed E-state index contributed by atoms with van der Waals surface area (Å²) in [5, 5.41) is 13.1. The van der Waals surface area contributed by atoms with Gasteiger partial charge in [0.15, 0.2) is 30.4 Å². The fourth-order valence-corrected chi connectivity index (χ4v) is 3.30. The largest absolute Gasteiger partial charge is 0.530 e. The van der Waals surface area contributed by atoms with Crippen molar-refractivity contribution in [1.29, 1.82) is 0 Å². The van der Waals surface area contributed by atoms with E-state index in [0.717, 1.165) is 6.07 Å². The zero-order chi connectivity index (χ0) is 22.5. The number of amides is 2. The van der Waals surface area contributed by atoms with Crippen LogP contribution >= 0.6 is 0 Å². The Balaban J connectivity index is 2.09. The van der Waals surface area contributed by atoms with Crippen LogP contribution in [0.2, 0.25) is 0 Å². The molecule has 0 fully saturated rings. The topological polar surface area (TPSA) is 90.7 Å². The fourth-order valence-electron chi connectivity index (χ4n) is 3.30. The van der Waals surface area contributed by atoms with Crippen LogP contribution in [0.4, 0.5) is 13.6 Å². The van der Waals surface area contributed by atoms with E-state index in [4.69, 9.17) is 9.47 Å². The molecule has 1 heterocycles. The molecule has 1 N–H and O–H groups in total. The Hall–Kier alpha value is -3.75. The van der Waals surface area contributed by atoms with Crippen molar-refractivity contribution in [3.8, 4) is 11.5 Å². The average Bonchev–Trinajstić information content (AvgIpc) is 2.89. The number of rotatable bonds is 5. The Labute approximate surface area is 177 Å². The molecule has 7 nitrogen and oxygen atoms in total. The summed E-state index contributed by atoms with van der Waals surface area (Å²) in [6, 6.07) is 7.54. The van der Waals surface area contributed by atoms with E-state index in [-0.39, 0.29) is 18.5 Å².